The lowest BCUT2D eigenvalue weighted by Crippen LogP contribution is -2.40. The van der Waals surface area contributed by atoms with Crippen molar-refractivity contribution in [1.82, 2.24) is 10.2 Å². The van der Waals surface area contributed by atoms with Crippen LogP contribution in [0.4, 0.5) is 0 Å². The van der Waals surface area contributed by atoms with E-state index in [0.717, 1.165) is 23.6 Å². The Hall–Kier alpha value is -2.44. The second-order valence-corrected chi connectivity index (χ2v) is 6.45. The molecule has 25 heavy (non-hydrogen) atoms. The van der Waals surface area contributed by atoms with Crippen LogP contribution in [-0.4, -0.2) is 51.1 Å². The summed E-state index contributed by atoms with van der Waals surface area (Å²) in [5.41, 5.74) is 5.73. The maximum Gasteiger partial charge on any atom is 0.224 e. The first-order chi connectivity index (χ1) is 11.7. The molecule has 0 bridgehead atoms. The number of carbonyl (C=O) groups excluding carboxylic acids is 1. The molecule has 0 spiro atoms. The van der Waals surface area contributed by atoms with Gasteiger partial charge in [-0.3, -0.25) is 9.79 Å². The van der Waals surface area contributed by atoms with Crippen LogP contribution in [0.1, 0.15) is 26.3 Å². The Balaban J connectivity index is 2.96. The number of methoxy groups -OCH3 is 2. The quantitative estimate of drug-likeness (QED) is 0.549. The molecular weight excluding hydrogens is 320 g/mol. The number of primary amides is 1. The molecule has 1 amide bonds. The van der Waals surface area contributed by atoms with E-state index in [2.05, 4.69) is 10.3 Å². The van der Waals surface area contributed by atoms with Gasteiger partial charge in [0.2, 0.25) is 5.91 Å². The Morgan fingerprint density at radius 2 is 2.00 bits per heavy atom. The molecule has 7 heteroatoms. The third-order valence-corrected chi connectivity index (χ3v) is 3.89. The summed E-state index contributed by atoms with van der Waals surface area (Å²) in [6.07, 6.45) is 0. The maximum absolute atomic E-state index is 11.5. The second kappa shape index (κ2) is 9.15. The van der Waals surface area contributed by atoms with E-state index in [-0.39, 0.29) is 5.91 Å². The molecule has 0 unspecified atom stereocenters. The van der Waals surface area contributed by atoms with Gasteiger partial charge >= 0.3 is 0 Å². The van der Waals surface area contributed by atoms with Gasteiger partial charge < -0.3 is 25.4 Å². The fourth-order valence-corrected chi connectivity index (χ4v) is 2.13. The van der Waals surface area contributed by atoms with Crippen LogP contribution in [-0.2, 0) is 11.3 Å². The first-order valence-corrected chi connectivity index (χ1v) is 8.25. The van der Waals surface area contributed by atoms with E-state index in [9.17, 15) is 4.79 Å². The van der Waals surface area contributed by atoms with Gasteiger partial charge in [-0.1, -0.05) is 0 Å². The van der Waals surface area contributed by atoms with Gasteiger partial charge in [0, 0.05) is 31.8 Å². The lowest BCUT2D eigenvalue weighted by atomic mass is 9.93. The Bertz CT molecular complexity index is 614. The van der Waals surface area contributed by atoms with E-state index >= 15 is 0 Å². The van der Waals surface area contributed by atoms with Gasteiger partial charge in [-0.15, -0.1) is 0 Å². The number of aliphatic imine (C=N–C) groups is 1. The van der Waals surface area contributed by atoms with Crippen LogP contribution in [0.5, 0.6) is 11.5 Å². The predicted octanol–water partition coefficient (Wildman–Crippen LogP) is 1.61. The van der Waals surface area contributed by atoms with Crippen LogP contribution >= 0.6 is 0 Å². The number of benzene rings is 1. The first-order valence-electron chi connectivity index (χ1n) is 8.25. The normalized spacial score (nSPS) is 11.8. The maximum atomic E-state index is 11.5. The van der Waals surface area contributed by atoms with Crippen LogP contribution in [0.2, 0.25) is 0 Å². The number of hydrogen-bond donors (Lipinski definition) is 2. The van der Waals surface area contributed by atoms with E-state index in [1.165, 1.54) is 0 Å². The molecule has 140 valence electrons. The predicted molar refractivity (Wildman–Crippen MR) is 100.0 cm³/mol. The van der Waals surface area contributed by atoms with E-state index in [1.54, 1.807) is 28.1 Å². The van der Waals surface area contributed by atoms with E-state index in [0.29, 0.717) is 19.0 Å². The zero-order valence-electron chi connectivity index (χ0n) is 16.0. The summed E-state index contributed by atoms with van der Waals surface area (Å²) >= 11 is 0. The minimum atomic E-state index is -0.695. The fourth-order valence-electron chi connectivity index (χ4n) is 2.13. The van der Waals surface area contributed by atoms with Gasteiger partial charge in [-0.25, -0.2) is 0 Å². The van der Waals surface area contributed by atoms with Gasteiger partial charge in [0.25, 0.3) is 0 Å². The molecule has 1 rings (SSSR count). The molecule has 3 N–H and O–H groups in total. The third-order valence-electron chi connectivity index (χ3n) is 3.89. The molecule has 0 aliphatic carbocycles. The van der Waals surface area contributed by atoms with Gasteiger partial charge in [0.15, 0.2) is 5.96 Å². The van der Waals surface area contributed by atoms with Crippen molar-refractivity contribution in [3.8, 4) is 11.5 Å². The number of hydrogen-bond acceptors (Lipinski definition) is 4. The molecule has 1 aromatic rings. The number of rotatable bonds is 8. The molecule has 0 aliphatic heterocycles. The standard InChI is InChI=1S/C18H30N4O3/c1-7-20-17(21-12-18(2,3)16(19)23)22(4)11-13-8-9-14(24-5)10-15(13)25-6/h8-10H,7,11-12H2,1-6H3,(H2,19,23)(H,20,21). The van der Waals surface area contributed by atoms with Crippen LogP contribution in [0.15, 0.2) is 23.2 Å². The van der Waals surface area contributed by atoms with Crippen molar-refractivity contribution >= 4 is 11.9 Å². The van der Waals surface area contributed by atoms with Crippen molar-refractivity contribution in [2.24, 2.45) is 16.1 Å². The number of guanidine groups is 1. The smallest absolute Gasteiger partial charge is 0.224 e. The van der Waals surface area contributed by atoms with Gasteiger partial charge in [-0.2, -0.15) is 0 Å². The molecule has 0 aromatic heterocycles. The molecular formula is C18H30N4O3. The van der Waals surface area contributed by atoms with Crippen LogP contribution in [0.25, 0.3) is 0 Å². The van der Waals surface area contributed by atoms with Crippen molar-refractivity contribution in [1.29, 1.82) is 0 Å². The van der Waals surface area contributed by atoms with Crippen molar-refractivity contribution in [2.45, 2.75) is 27.3 Å². The second-order valence-electron chi connectivity index (χ2n) is 6.45. The molecule has 0 saturated carbocycles. The molecule has 7 nitrogen and oxygen atoms in total. The van der Waals surface area contributed by atoms with E-state index in [4.69, 9.17) is 15.2 Å². The Kier molecular flexibility index (Phi) is 7.54. The summed E-state index contributed by atoms with van der Waals surface area (Å²) < 4.78 is 10.7. The highest BCUT2D eigenvalue weighted by Crippen LogP contribution is 2.25. The number of nitrogens with zero attached hydrogens (tertiary/aromatic N) is 2. The summed E-state index contributed by atoms with van der Waals surface area (Å²) in [7, 11) is 5.19. The molecule has 0 heterocycles. The lowest BCUT2D eigenvalue weighted by molar-refractivity contribution is -0.125. The highest BCUT2D eigenvalue weighted by Gasteiger charge is 2.25. The van der Waals surface area contributed by atoms with Crippen LogP contribution in [0, 0.1) is 5.41 Å². The molecule has 0 aliphatic rings. The van der Waals surface area contributed by atoms with Gasteiger partial charge in [-0.05, 0) is 32.9 Å². The zero-order valence-corrected chi connectivity index (χ0v) is 16.0. The summed E-state index contributed by atoms with van der Waals surface area (Å²) in [6, 6.07) is 5.71. The molecule has 0 atom stereocenters. The van der Waals surface area contributed by atoms with Gasteiger partial charge in [0.1, 0.15) is 11.5 Å². The molecule has 0 radical (unpaired) electrons. The Labute approximate surface area is 150 Å². The van der Waals surface area contributed by atoms with E-state index in [1.807, 2.05) is 37.1 Å². The number of amides is 1. The fraction of sp³-hybridized carbons (Fsp3) is 0.556. The lowest BCUT2D eigenvalue weighted by Gasteiger charge is -2.25. The number of carbonyl (C=O) groups is 1. The SMILES string of the molecule is CCNC(=NCC(C)(C)C(N)=O)N(C)Cc1ccc(OC)cc1OC. The largest absolute Gasteiger partial charge is 0.497 e. The highest BCUT2D eigenvalue weighted by atomic mass is 16.5. The number of nitrogens with two attached hydrogens (primary N) is 1. The summed E-state index contributed by atoms with van der Waals surface area (Å²) in [6.45, 7) is 7.20. The first kappa shape index (κ1) is 20.6. The minimum Gasteiger partial charge on any atom is -0.497 e. The summed E-state index contributed by atoms with van der Waals surface area (Å²) in [5.74, 6) is 1.83. The van der Waals surface area contributed by atoms with Crippen molar-refractivity contribution in [3.63, 3.8) is 0 Å². The van der Waals surface area contributed by atoms with Crippen molar-refractivity contribution in [2.75, 3.05) is 34.4 Å². The topological polar surface area (TPSA) is 89.2 Å². The number of nitrogens with one attached hydrogen (secondary N) is 1. The Morgan fingerprint density at radius 1 is 1.32 bits per heavy atom. The highest BCUT2D eigenvalue weighted by molar-refractivity contribution is 5.82. The minimum absolute atomic E-state index is 0.314. The van der Waals surface area contributed by atoms with Crippen LogP contribution < -0.4 is 20.5 Å². The van der Waals surface area contributed by atoms with Gasteiger partial charge in [0.05, 0.1) is 26.2 Å². The van der Waals surface area contributed by atoms with Crippen molar-refractivity contribution < 1.29 is 14.3 Å². The Morgan fingerprint density at radius 3 is 2.52 bits per heavy atom. The average Bonchev–Trinajstić information content (AvgIpc) is 2.58. The molecule has 0 saturated heterocycles. The van der Waals surface area contributed by atoms with Crippen LogP contribution in [0.3, 0.4) is 0 Å². The zero-order chi connectivity index (χ0) is 19.0. The number of ether oxygens (including phenoxy) is 2. The monoisotopic (exact) mass is 350 g/mol. The molecule has 0 fully saturated rings. The summed E-state index contributed by atoms with van der Waals surface area (Å²) in [4.78, 5) is 18.0. The molecule has 1 aromatic carbocycles. The van der Waals surface area contributed by atoms with E-state index < -0.39 is 5.41 Å². The third kappa shape index (κ3) is 5.85. The summed E-state index contributed by atoms with van der Waals surface area (Å²) in [5, 5.41) is 3.23. The van der Waals surface area contributed by atoms with Crippen molar-refractivity contribution in [3.05, 3.63) is 23.8 Å². The average molecular weight is 350 g/mol.